The Labute approximate surface area is 230 Å². The monoisotopic (exact) mass is 476 g/mol. The maximum Gasteiger partial charge on any atom is 1.00 e. The second-order valence-electron chi connectivity index (χ2n) is 7.38. The second-order valence-corrected chi connectivity index (χ2v) is 7.38. The minimum atomic E-state index is -5.29. The number of amides is 1. The molecular weight excluding hydrogens is 459 g/mol. The van der Waals surface area contributed by atoms with Gasteiger partial charge in [-0.05, 0) is 39.4 Å². The number of rotatable bonds is 6. The molecule has 3 aromatic rings. The van der Waals surface area contributed by atoms with Crippen molar-refractivity contribution in [1.29, 1.82) is 0 Å². The van der Waals surface area contributed by atoms with E-state index < -0.39 is 18.5 Å². The molecule has 4 rings (SSSR count). The van der Waals surface area contributed by atoms with E-state index in [0.29, 0.717) is 0 Å². The molecule has 0 radical (unpaired) electrons. The number of benzene rings is 3. The Hall–Kier alpha value is -2.27. The van der Waals surface area contributed by atoms with Gasteiger partial charge >= 0.3 is 64.5 Å². The maximum atomic E-state index is 13.1. The van der Waals surface area contributed by atoms with Gasteiger partial charge in [-0.2, -0.15) is 0 Å². The third-order valence-corrected chi connectivity index (χ3v) is 5.32. The molecule has 0 aliphatic heterocycles. The zero-order valence-corrected chi connectivity index (χ0v) is 20.8. The molecule has 0 spiro atoms. The van der Waals surface area contributed by atoms with Gasteiger partial charge in [-0.15, -0.1) is 5.46 Å². The normalized spacial score (nSPS) is 12.1. The Balaban J connectivity index is 0.00000306. The standard InChI is InChI=1S/C22H17BF3N4O2.K/c24-23(25,26)15-9-14(10-16(11-15)29-30-27)12-28-22(31)32-13-21-19-7-3-1-5-17(19)18-6-2-4-8-20(18)21;/h1-11,21H,12-13H2,(H,28,31);/q-1;+1. The van der Waals surface area contributed by atoms with Crippen LogP contribution in [0, 0.1) is 0 Å². The molecule has 1 aliphatic rings. The molecule has 0 saturated carbocycles. The predicted octanol–water partition coefficient (Wildman–Crippen LogP) is 2.73. The number of nitrogens with zero attached hydrogens (tertiary/aromatic N) is 3. The number of ether oxygens (including phenoxy) is 1. The molecule has 0 heterocycles. The largest absolute Gasteiger partial charge is 1.00 e. The average Bonchev–Trinajstić information content (AvgIpc) is 3.09. The number of azide groups is 1. The Kier molecular flexibility index (Phi) is 8.28. The first-order chi connectivity index (χ1) is 15.4. The van der Waals surface area contributed by atoms with Gasteiger partial charge in [0, 0.05) is 23.1 Å². The molecule has 0 aromatic heterocycles. The minimum absolute atomic E-state index is 0. The van der Waals surface area contributed by atoms with E-state index in [1.54, 1.807) is 0 Å². The Bertz CT molecular complexity index is 1190. The van der Waals surface area contributed by atoms with Gasteiger partial charge in [-0.1, -0.05) is 65.8 Å². The van der Waals surface area contributed by atoms with Gasteiger partial charge in [-0.3, -0.25) is 0 Å². The molecule has 0 saturated heterocycles. The third kappa shape index (κ3) is 5.81. The maximum absolute atomic E-state index is 13.1. The van der Waals surface area contributed by atoms with Crippen LogP contribution in [0.25, 0.3) is 21.6 Å². The number of hydrogen-bond acceptors (Lipinski definition) is 3. The summed E-state index contributed by atoms with van der Waals surface area (Å²) in [6, 6.07) is 18.7. The van der Waals surface area contributed by atoms with Crippen molar-refractivity contribution in [1.82, 2.24) is 5.32 Å². The summed E-state index contributed by atoms with van der Waals surface area (Å²) in [5.41, 5.74) is 11.9. The average molecular weight is 476 g/mol. The number of fused-ring (bicyclic) bond motifs is 3. The Morgan fingerprint density at radius 2 is 1.64 bits per heavy atom. The van der Waals surface area contributed by atoms with E-state index in [2.05, 4.69) is 15.3 Å². The molecule has 0 unspecified atom stereocenters. The van der Waals surface area contributed by atoms with E-state index in [1.807, 2.05) is 48.5 Å². The number of carbonyl (C=O) groups is 1. The van der Waals surface area contributed by atoms with Crippen molar-refractivity contribution in [3.63, 3.8) is 0 Å². The van der Waals surface area contributed by atoms with Gasteiger partial charge in [0.05, 0.1) is 0 Å². The minimum Gasteiger partial charge on any atom is -0.449 e. The van der Waals surface area contributed by atoms with Crippen LogP contribution >= 0.6 is 0 Å². The van der Waals surface area contributed by atoms with Crippen molar-refractivity contribution >= 4 is 24.2 Å². The SMILES string of the molecule is [K+].[N-]=[N+]=Nc1cc(CNC(=O)OCC2c3ccccc3-c3ccccc32)cc([B-](F)(F)F)c1. The summed E-state index contributed by atoms with van der Waals surface area (Å²) in [6.07, 6.45) is -0.750. The van der Waals surface area contributed by atoms with E-state index >= 15 is 0 Å². The molecule has 33 heavy (non-hydrogen) atoms. The molecule has 6 nitrogen and oxygen atoms in total. The molecule has 0 fully saturated rings. The summed E-state index contributed by atoms with van der Waals surface area (Å²) in [7, 11) is 0. The van der Waals surface area contributed by atoms with E-state index in [-0.39, 0.29) is 81.7 Å². The fourth-order valence-electron chi connectivity index (χ4n) is 3.92. The summed E-state index contributed by atoms with van der Waals surface area (Å²) in [5.74, 6) is -0.124. The first-order valence-corrected chi connectivity index (χ1v) is 9.84. The van der Waals surface area contributed by atoms with Gasteiger partial charge in [0.25, 0.3) is 0 Å². The van der Waals surface area contributed by atoms with Crippen LogP contribution in [0.2, 0.25) is 0 Å². The second kappa shape index (κ2) is 10.8. The first kappa shape index (κ1) is 25.4. The van der Waals surface area contributed by atoms with E-state index in [4.69, 9.17) is 10.3 Å². The Morgan fingerprint density at radius 3 is 2.21 bits per heavy atom. The van der Waals surface area contributed by atoms with Crippen molar-refractivity contribution in [2.75, 3.05) is 6.61 Å². The quantitative estimate of drug-likeness (QED) is 0.257. The molecule has 0 bridgehead atoms. The van der Waals surface area contributed by atoms with E-state index in [9.17, 15) is 17.7 Å². The summed E-state index contributed by atoms with van der Waals surface area (Å²) in [6.45, 7) is -5.40. The number of halogens is 3. The smallest absolute Gasteiger partial charge is 0.449 e. The molecule has 11 heteroatoms. The van der Waals surface area contributed by atoms with E-state index in [1.165, 1.54) is 6.07 Å². The van der Waals surface area contributed by atoms with Gasteiger partial charge in [0.2, 0.25) is 0 Å². The molecule has 1 aliphatic carbocycles. The predicted molar refractivity (Wildman–Crippen MR) is 116 cm³/mol. The van der Waals surface area contributed by atoms with Crippen LogP contribution < -0.4 is 62.2 Å². The first-order valence-electron chi connectivity index (χ1n) is 9.84. The molecule has 1 N–H and O–H groups in total. The summed E-state index contributed by atoms with van der Waals surface area (Å²) in [5, 5.41) is 5.71. The zero-order valence-electron chi connectivity index (χ0n) is 17.7. The van der Waals surface area contributed by atoms with Crippen LogP contribution in [0.4, 0.5) is 23.4 Å². The van der Waals surface area contributed by atoms with Crippen molar-refractivity contribution < 1.29 is 73.9 Å². The van der Waals surface area contributed by atoms with Crippen molar-refractivity contribution in [3.05, 3.63) is 93.9 Å². The topological polar surface area (TPSA) is 87.1 Å². The molecule has 1 amide bonds. The van der Waals surface area contributed by atoms with Gasteiger partial charge < -0.3 is 23.0 Å². The number of alkyl carbamates (subject to hydrolysis) is 1. The fraction of sp³-hybridized carbons (Fsp3) is 0.136. The fourth-order valence-corrected chi connectivity index (χ4v) is 3.92. The van der Waals surface area contributed by atoms with Crippen LogP contribution in [-0.2, 0) is 11.3 Å². The van der Waals surface area contributed by atoms with E-state index in [0.717, 1.165) is 34.4 Å². The third-order valence-electron chi connectivity index (χ3n) is 5.32. The molecule has 0 atom stereocenters. The van der Waals surface area contributed by atoms with Crippen LogP contribution in [0.15, 0.2) is 71.8 Å². The van der Waals surface area contributed by atoms with Crippen LogP contribution in [-0.4, -0.2) is 19.7 Å². The van der Waals surface area contributed by atoms with Crippen LogP contribution in [0.1, 0.15) is 22.6 Å². The summed E-state index contributed by atoms with van der Waals surface area (Å²) < 4.78 is 44.8. The van der Waals surface area contributed by atoms with Crippen molar-refractivity contribution in [3.8, 4) is 11.1 Å². The summed E-state index contributed by atoms with van der Waals surface area (Å²) in [4.78, 5) is 14.8. The van der Waals surface area contributed by atoms with Crippen molar-refractivity contribution in [2.45, 2.75) is 12.5 Å². The van der Waals surface area contributed by atoms with Gasteiger partial charge in [0.15, 0.2) is 0 Å². The number of carbonyl (C=O) groups excluding carboxylic acids is 1. The number of nitrogens with one attached hydrogen (secondary N) is 1. The van der Waals surface area contributed by atoms with Gasteiger partial charge in [0.1, 0.15) is 6.61 Å². The van der Waals surface area contributed by atoms with Crippen molar-refractivity contribution in [2.24, 2.45) is 5.11 Å². The zero-order chi connectivity index (χ0) is 22.7. The van der Waals surface area contributed by atoms with Gasteiger partial charge in [-0.25, -0.2) is 4.79 Å². The molecule has 3 aromatic carbocycles. The Morgan fingerprint density at radius 1 is 1.03 bits per heavy atom. The summed E-state index contributed by atoms with van der Waals surface area (Å²) >= 11 is 0. The van der Waals surface area contributed by atoms with Crippen LogP contribution in [0.3, 0.4) is 0 Å². The number of hydrogen-bond donors (Lipinski definition) is 1. The molecule has 162 valence electrons. The molecular formula is C22H17BF3KN4O2. The van der Waals surface area contributed by atoms with Crippen LogP contribution in [0.5, 0.6) is 0 Å².